The van der Waals surface area contributed by atoms with Gasteiger partial charge in [-0.1, -0.05) is 0 Å². The Hall–Kier alpha value is -1.54. The van der Waals surface area contributed by atoms with Crippen LogP contribution in [-0.4, -0.2) is 39.6 Å². The average Bonchev–Trinajstić information content (AvgIpc) is 2.84. The number of hydrogen-bond donors (Lipinski definition) is 2. The predicted molar refractivity (Wildman–Crippen MR) is 87.1 cm³/mol. The molecule has 0 bridgehead atoms. The van der Waals surface area contributed by atoms with Gasteiger partial charge in [0.2, 0.25) is 0 Å². The molecule has 0 aliphatic carbocycles. The molecule has 0 fully saturated rings. The normalized spacial score (nSPS) is 11.1. The summed E-state index contributed by atoms with van der Waals surface area (Å²) in [6.07, 6.45) is 1.26. The lowest BCUT2D eigenvalue weighted by atomic mass is 10.1. The van der Waals surface area contributed by atoms with E-state index < -0.39 is 18.4 Å². The van der Waals surface area contributed by atoms with Gasteiger partial charge in [0, 0.05) is 6.04 Å². The van der Waals surface area contributed by atoms with Crippen molar-refractivity contribution in [1.29, 1.82) is 0 Å². The van der Waals surface area contributed by atoms with Crippen LogP contribution in [-0.2, 0) is 4.79 Å². The van der Waals surface area contributed by atoms with Gasteiger partial charge < -0.3 is 19.5 Å². The van der Waals surface area contributed by atoms with E-state index in [2.05, 4.69) is 31.9 Å². The number of amides is 1. The molecule has 22 heavy (non-hydrogen) atoms. The van der Waals surface area contributed by atoms with Gasteiger partial charge in [0.05, 0.1) is 19.9 Å². The van der Waals surface area contributed by atoms with Crippen LogP contribution in [0.1, 0.15) is 24.2 Å². The maximum atomic E-state index is 12.6. The van der Waals surface area contributed by atoms with Crippen LogP contribution in [0.2, 0.25) is 0 Å². The molecule has 2 aromatic rings. The molecule has 0 spiro atoms. The van der Waals surface area contributed by atoms with Crippen LogP contribution in [0.25, 0.3) is 11.0 Å². The lowest BCUT2D eigenvalue weighted by Crippen LogP contribution is -2.40. The van der Waals surface area contributed by atoms with Crippen molar-refractivity contribution in [2.24, 2.45) is 0 Å². The van der Waals surface area contributed by atoms with Crippen molar-refractivity contribution in [3.8, 4) is 5.75 Å². The molecule has 0 aliphatic rings. The van der Waals surface area contributed by atoms with Gasteiger partial charge in [-0.25, -0.2) is 0 Å². The molecule has 8 heteroatoms. The highest BCUT2D eigenvalue weighted by Crippen LogP contribution is 2.41. The van der Waals surface area contributed by atoms with Gasteiger partial charge in [-0.3, -0.25) is 9.59 Å². The maximum absolute atomic E-state index is 12.6. The molecule has 0 aliphatic heterocycles. The van der Waals surface area contributed by atoms with Gasteiger partial charge in [0.25, 0.3) is 5.91 Å². The predicted octanol–water partition coefficient (Wildman–Crippen LogP) is 3.60. The number of benzene rings is 1. The Morgan fingerprint density at radius 1 is 1.36 bits per heavy atom. The van der Waals surface area contributed by atoms with Crippen molar-refractivity contribution in [2.45, 2.75) is 19.9 Å². The SMILES string of the molecule is CC(C)N(CC(=O)O)C(=O)c1coc2cc(Br)c(O)c(Br)c12. The first-order chi connectivity index (χ1) is 10.2. The molecule has 0 saturated carbocycles. The number of carbonyl (C=O) groups excluding carboxylic acids is 1. The molecule has 118 valence electrons. The van der Waals surface area contributed by atoms with Crippen molar-refractivity contribution >= 4 is 54.7 Å². The van der Waals surface area contributed by atoms with Crippen molar-refractivity contribution in [3.05, 3.63) is 26.8 Å². The summed E-state index contributed by atoms with van der Waals surface area (Å²) in [5, 5.41) is 19.3. The van der Waals surface area contributed by atoms with E-state index in [1.54, 1.807) is 19.9 Å². The Bertz CT molecular complexity index is 753. The maximum Gasteiger partial charge on any atom is 0.323 e. The molecule has 1 aromatic heterocycles. The zero-order valence-electron chi connectivity index (χ0n) is 11.8. The first-order valence-electron chi connectivity index (χ1n) is 6.35. The molecule has 6 nitrogen and oxygen atoms in total. The number of aliphatic carboxylic acids is 1. The monoisotopic (exact) mass is 433 g/mol. The molecule has 2 N–H and O–H groups in total. The minimum atomic E-state index is -1.10. The first-order valence-corrected chi connectivity index (χ1v) is 7.93. The minimum absolute atomic E-state index is 0.0581. The number of hydrogen-bond acceptors (Lipinski definition) is 4. The lowest BCUT2D eigenvalue weighted by molar-refractivity contribution is -0.138. The second-order valence-corrected chi connectivity index (χ2v) is 6.61. The van der Waals surface area contributed by atoms with Crippen LogP contribution in [0.5, 0.6) is 5.75 Å². The second kappa shape index (κ2) is 6.29. The van der Waals surface area contributed by atoms with E-state index in [4.69, 9.17) is 9.52 Å². The van der Waals surface area contributed by atoms with E-state index >= 15 is 0 Å². The highest BCUT2D eigenvalue weighted by atomic mass is 79.9. The molecule has 0 atom stereocenters. The van der Waals surface area contributed by atoms with Gasteiger partial charge >= 0.3 is 5.97 Å². The van der Waals surface area contributed by atoms with Crippen LogP contribution >= 0.6 is 31.9 Å². The highest BCUT2D eigenvalue weighted by molar-refractivity contribution is 9.11. The fourth-order valence-corrected chi connectivity index (χ4v) is 3.35. The zero-order chi connectivity index (χ0) is 16.6. The van der Waals surface area contributed by atoms with E-state index in [9.17, 15) is 14.7 Å². The zero-order valence-corrected chi connectivity index (χ0v) is 14.9. The number of carboxylic acid groups (broad SMARTS) is 1. The first kappa shape index (κ1) is 16.8. The number of fused-ring (bicyclic) bond motifs is 1. The molecule has 0 saturated heterocycles. The summed E-state index contributed by atoms with van der Waals surface area (Å²) in [5.74, 6) is -1.63. The van der Waals surface area contributed by atoms with Crippen molar-refractivity contribution in [3.63, 3.8) is 0 Å². The third-order valence-electron chi connectivity index (χ3n) is 3.15. The number of furan rings is 1. The van der Waals surface area contributed by atoms with Gasteiger partial charge in [0.1, 0.15) is 24.1 Å². The highest BCUT2D eigenvalue weighted by Gasteiger charge is 2.26. The Morgan fingerprint density at radius 2 is 2.00 bits per heavy atom. The van der Waals surface area contributed by atoms with Gasteiger partial charge in [-0.05, 0) is 51.8 Å². The van der Waals surface area contributed by atoms with Crippen LogP contribution < -0.4 is 0 Å². The van der Waals surface area contributed by atoms with Crippen molar-refractivity contribution in [1.82, 2.24) is 4.90 Å². The number of phenolic OH excluding ortho intramolecular Hbond substituents is 1. The van der Waals surface area contributed by atoms with E-state index in [1.165, 1.54) is 11.2 Å². The third-order valence-corrected chi connectivity index (χ3v) is 4.53. The summed E-state index contributed by atoms with van der Waals surface area (Å²) in [6, 6.07) is 1.25. The fourth-order valence-electron chi connectivity index (χ4n) is 2.06. The van der Waals surface area contributed by atoms with E-state index in [-0.39, 0.29) is 17.4 Å². The quantitative estimate of drug-likeness (QED) is 0.767. The number of rotatable bonds is 4. The van der Waals surface area contributed by atoms with Crippen LogP contribution in [0.15, 0.2) is 25.7 Å². The van der Waals surface area contributed by atoms with Crippen molar-refractivity contribution < 1.29 is 24.2 Å². The molecular formula is C14H13Br2NO5. The number of nitrogens with zero attached hydrogens (tertiary/aromatic N) is 1. The number of halogens is 2. The Kier molecular flexibility index (Phi) is 4.81. The smallest absolute Gasteiger partial charge is 0.323 e. The molecule has 0 radical (unpaired) electrons. The summed E-state index contributed by atoms with van der Waals surface area (Å²) in [5.41, 5.74) is 0.596. The molecule has 1 heterocycles. The number of aromatic hydroxyl groups is 1. The number of carboxylic acids is 1. The summed E-state index contributed by atoms with van der Waals surface area (Å²) >= 11 is 6.43. The molecule has 1 aromatic carbocycles. The summed E-state index contributed by atoms with van der Waals surface area (Å²) in [4.78, 5) is 24.8. The Labute approximate surface area is 143 Å². The molecular weight excluding hydrogens is 422 g/mol. The van der Waals surface area contributed by atoms with E-state index in [1.807, 2.05) is 0 Å². The van der Waals surface area contributed by atoms with Crippen LogP contribution in [0, 0.1) is 0 Å². The largest absolute Gasteiger partial charge is 0.506 e. The molecule has 2 rings (SSSR count). The number of carbonyl (C=O) groups is 2. The van der Waals surface area contributed by atoms with E-state index in [0.717, 1.165) is 0 Å². The van der Waals surface area contributed by atoms with Crippen molar-refractivity contribution in [2.75, 3.05) is 6.54 Å². The van der Waals surface area contributed by atoms with Gasteiger partial charge in [-0.15, -0.1) is 0 Å². The Morgan fingerprint density at radius 3 is 2.55 bits per heavy atom. The average molecular weight is 435 g/mol. The summed E-state index contributed by atoms with van der Waals surface area (Å²) in [7, 11) is 0. The summed E-state index contributed by atoms with van der Waals surface area (Å²) < 4.78 is 6.09. The Balaban J connectivity index is 2.56. The van der Waals surface area contributed by atoms with Gasteiger partial charge in [0.15, 0.2) is 0 Å². The minimum Gasteiger partial charge on any atom is -0.506 e. The third kappa shape index (κ3) is 2.98. The fraction of sp³-hybridized carbons (Fsp3) is 0.286. The second-order valence-electron chi connectivity index (χ2n) is 4.96. The molecule has 1 amide bonds. The van der Waals surface area contributed by atoms with Crippen LogP contribution in [0.3, 0.4) is 0 Å². The lowest BCUT2D eigenvalue weighted by Gasteiger charge is -2.24. The standard InChI is InChI=1S/C14H13Br2NO5/c1-6(2)17(4-10(18)19)14(21)7-5-22-9-3-8(15)13(20)12(16)11(7)9/h3,5-6,20H,4H2,1-2H3,(H,18,19). The van der Waals surface area contributed by atoms with Crippen LogP contribution in [0.4, 0.5) is 0 Å². The van der Waals surface area contributed by atoms with E-state index in [0.29, 0.717) is 19.9 Å². The topological polar surface area (TPSA) is 91.0 Å². The number of phenols is 1. The van der Waals surface area contributed by atoms with Gasteiger partial charge in [-0.2, -0.15) is 0 Å². The summed E-state index contributed by atoms with van der Waals surface area (Å²) in [6.45, 7) is 3.04. The molecule has 0 unspecified atom stereocenters.